The Morgan fingerprint density at radius 1 is 1.11 bits per heavy atom. The zero-order valence-corrected chi connectivity index (χ0v) is 20.8. The first-order valence-corrected chi connectivity index (χ1v) is 13.9. The maximum absolute atomic E-state index is 14.3. The average Bonchev–Trinajstić information content (AvgIpc) is 3.52. The number of hydrogen-bond acceptors (Lipinski definition) is 6. The fourth-order valence-corrected chi connectivity index (χ4v) is 7.20. The van der Waals surface area contributed by atoms with Crippen molar-refractivity contribution in [2.75, 3.05) is 31.1 Å². The number of nitrogens with zero attached hydrogens (tertiary/aromatic N) is 3. The van der Waals surface area contributed by atoms with Gasteiger partial charge in [0.05, 0.1) is 28.2 Å². The SMILES string of the molecule is O=C(C1CCCN(S(=O)(=O)c2ccc(F)cc2)C1)N(CC1CCCO1)c1nc2c(F)cc(F)cc2s1. The van der Waals surface area contributed by atoms with E-state index in [0.717, 1.165) is 42.4 Å². The monoisotopic (exact) mass is 539 g/mol. The van der Waals surface area contributed by atoms with Crippen molar-refractivity contribution in [2.45, 2.75) is 36.7 Å². The average molecular weight is 540 g/mol. The van der Waals surface area contributed by atoms with Crippen molar-refractivity contribution < 1.29 is 31.1 Å². The Morgan fingerprint density at radius 2 is 1.89 bits per heavy atom. The van der Waals surface area contributed by atoms with Crippen molar-refractivity contribution >= 4 is 42.6 Å². The van der Waals surface area contributed by atoms with Crippen LogP contribution in [-0.2, 0) is 19.6 Å². The van der Waals surface area contributed by atoms with E-state index in [1.807, 2.05) is 0 Å². The molecule has 0 saturated carbocycles. The summed E-state index contributed by atoms with van der Waals surface area (Å²) in [6, 6.07) is 6.49. The Morgan fingerprint density at radius 3 is 2.61 bits per heavy atom. The normalized spacial score (nSPS) is 21.2. The van der Waals surface area contributed by atoms with Crippen LogP contribution in [0.15, 0.2) is 41.3 Å². The van der Waals surface area contributed by atoms with E-state index in [0.29, 0.717) is 19.4 Å². The summed E-state index contributed by atoms with van der Waals surface area (Å²) in [7, 11) is -3.92. The maximum atomic E-state index is 14.3. The van der Waals surface area contributed by atoms with Crippen LogP contribution in [0.4, 0.5) is 18.3 Å². The quantitative estimate of drug-likeness (QED) is 0.466. The Kier molecular flexibility index (Phi) is 7.03. The Labute approximate surface area is 210 Å². The molecule has 2 saturated heterocycles. The van der Waals surface area contributed by atoms with Gasteiger partial charge in [-0.25, -0.2) is 26.6 Å². The predicted molar refractivity (Wildman–Crippen MR) is 129 cm³/mol. The number of hydrogen-bond donors (Lipinski definition) is 0. The van der Waals surface area contributed by atoms with Crippen molar-refractivity contribution in [3.05, 3.63) is 53.8 Å². The molecule has 2 aromatic carbocycles. The Hall–Kier alpha value is -2.54. The third-order valence-electron chi connectivity index (χ3n) is 6.49. The molecule has 2 atom stereocenters. The van der Waals surface area contributed by atoms with Gasteiger partial charge >= 0.3 is 0 Å². The number of amides is 1. The molecule has 0 spiro atoms. The predicted octanol–water partition coefficient (Wildman–Crippen LogP) is 4.33. The molecule has 0 bridgehead atoms. The third kappa shape index (κ3) is 4.99. The van der Waals surface area contributed by atoms with Gasteiger partial charge in [-0.2, -0.15) is 4.31 Å². The molecule has 0 radical (unpaired) electrons. The summed E-state index contributed by atoms with van der Waals surface area (Å²) in [4.78, 5) is 19.4. The van der Waals surface area contributed by atoms with Crippen molar-refractivity contribution in [3.8, 4) is 0 Å². The minimum atomic E-state index is -3.92. The van der Waals surface area contributed by atoms with Crippen LogP contribution in [0.25, 0.3) is 10.2 Å². The lowest BCUT2D eigenvalue weighted by Gasteiger charge is -2.34. The van der Waals surface area contributed by atoms with Gasteiger partial charge in [-0.1, -0.05) is 11.3 Å². The van der Waals surface area contributed by atoms with Crippen LogP contribution < -0.4 is 4.90 Å². The molecule has 2 aliphatic heterocycles. The van der Waals surface area contributed by atoms with Crippen LogP contribution in [0.2, 0.25) is 0 Å². The second kappa shape index (κ2) is 10.1. The van der Waals surface area contributed by atoms with E-state index in [1.165, 1.54) is 27.4 Å². The summed E-state index contributed by atoms with van der Waals surface area (Å²) < 4.78 is 74.9. The molecule has 3 aromatic rings. The van der Waals surface area contributed by atoms with Crippen LogP contribution in [0.3, 0.4) is 0 Å². The number of benzene rings is 2. The minimum Gasteiger partial charge on any atom is -0.376 e. The molecule has 0 aliphatic carbocycles. The highest BCUT2D eigenvalue weighted by Gasteiger charge is 2.37. The lowest BCUT2D eigenvalue weighted by Crippen LogP contribution is -2.48. The molecule has 36 heavy (non-hydrogen) atoms. The molecule has 1 aromatic heterocycles. The minimum absolute atomic E-state index is 0.0225. The highest BCUT2D eigenvalue weighted by Crippen LogP contribution is 2.34. The Bertz CT molecular complexity index is 1380. The largest absolute Gasteiger partial charge is 0.376 e. The number of carbonyl (C=O) groups is 1. The molecule has 192 valence electrons. The lowest BCUT2D eigenvalue weighted by molar-refractivity contribution is -0.123. The van der Waals surface area contributed by atoms with Crippen molar-refractivity contribution in [3.63, 3.8) is 0 Å². The van der Waals surface area contributed by atoms with Gasteiger partial charge in [0.15, 0.2) is 10.9 Å². The van der Waals surface area contributed by atoms with E-state index in [-0.39, 0.29) is 51.9 Å². The van der Waals surface area contributed by atoms with Crippen LogP contribution in [-0.4, -0.2) is 56.0 Å². The smallest absolute Gasteiger partial charge is 0.243 e. The van der Waals surface area contributed by atoms with E-state index >= 15 is 0 Å². The molecule has 2 unspecified atom stereocenters. The first-order valence-electron chi connectivity index (χ1n) is 11.7. The topological polar surface area (TPSA) is 79.8 Å². The number of carbonyl (C=O) groups excluding carboxylic acids is 1. The van der Waals surface area contributed by atoms with Gasteiger partial charge in [0.2, 0.25) is 15.9 Å². The first kappa shape index (κ1) is 25.1. The molecule has 7 nitrogen and oxygen atoms in total. The molecule has 2 fully saturated rings. The number of sulfonamides is 1. The molecule has 5 rings (SSSR count). The van der Waals surface area contributed by atoms with Crippen LogP contribution in [0.1, 0.15) is 25.7 Å². The van der Waals surface area contributed by atoms with Gasteiger partial charge in [-0.15, -0.1) is 0 Å². The number of rotatable bonds is 6. The molecular formula is C24H24F3N3O4S2. The highest BCUT2D eigenvalue weighted by molar-refractivity contribution is 7.89. The van der Waals surface area contributed by atoms with Crippen LogP contribution in [0, 0.1) is 23.4 Å². The second-order valence-electron chi connectivity index (χ2n) is 8.97. The summed E-state index contributed by atoms with van der Waals surface area (Å²) in [6.45, 7) is 0.943. The molecule has 2 aliphatic rings. The fourth-order valence-electron chi connectivity index (χ4n) is 4.65. The molecular weight excluding hydrogens is 515 g/mol. The number of thiazole rings is 1. The van der Waals surface area contributed by atoms with E-state index in [9.17, 15) is 26.4 Å². The van der Waals surface area contributed by atoms with Gasteiger partial charge in [0.25, 0.3) is 0 Å². The summed E-state index contributed by atoms with van der Waals surface area (Å²) >= 11 is 1.01. The van der Waals surface area contributed by atoms with Gasteiger partial charge < -0.3 is 4.74 Å². The number of fused-ring (bicyclic) bond motifs is 1. The number of aromatic nitrogens is 1. The summed E-state index contributed by atoms with van der Waals surface area (Å²) in [5, 5.41) is 0.216. The zero-order chi connectivity index (χ0) is 25.4. The van der Waals surface area contributed by atoms with E-state index in [1.54, 1.807) is 0 Å². The van der Waals surface area contributed by atoms with Crippen LogP contribution >= 0.6 is 11.3 Å². The second-order valence-corrected chi connectivity index (χ2v) is 11.9. The van der Waals surface area contributed by atoms with Crippen molar-refractivity contribution in [1.29, 1.82) is 0 Å². The standard InChI is InChI=1S/C24H24F3N3O4S2/c25-16-5-7-19(8-6-16)36(32,33)29-9-1-3-15(13-29)23(31)30(14-18-4-2-10-34-18)24-28-22-20(27)11-17(26)12-21(22)35-24/h5-8,11-12,15,18H,1-4,9-10,13-14H2. The van der Waals surface area contributed by atoms with Gasteiger partial charge in [-0.05, 0) is 56.0 Å². The first-order chi connectivity index (χ1) is 17.2. The lowest BCUT2D eigenvalue weighted by atomic mass is 9.98. The van der Waals surface area contributed by atoms with E-state index in [2.05, 4.69) is 4.98 Å². The number of piperidine rings is 1. The summed E-state index contributed by atoms with van der Waals surface area (Å²) in [5.74, 6) is -3.10. The van der Waals surface area contributed by atoms with E-state index in [4.69, 9.17) is 4.74 Å². The zero-order valence-electron chi connectivity index (χ0n) is 19.2. The number of anilines is 1. The molecule has 3 heterocycles. The number of ether oxygens (including phenoxy) is 1. The third-order valence-corrected chi connectivity index (χ3v) is 9.40. The summed E-state index contributed by atoms with van der Waals surface area (Å²) in [6.07, 6.45) is 2.28. The van der Waals surface area contributed by atoms with Crippen molar-refractivity contribution in [2.24, 2.45) is 5.92 Å². The highest BCUT2D eigenvalue weighted by atomic mass is 32.2. The van der Waals surface area contributed by atoms with E-state index < -0.39 is 33.4 Å². The fraction of sp³-hybridized carbons (Fsp3) is 0.417. The maximum Gasteiger partial charge on any atom is 0.243 e. The molecule has 12 heteroatoms. The number of halogens is 3. The Balaban J connectivity index is 1.43. The van der Waals surface area contributed by atoms with Crippen LogP contribution in [0.5, 0.6) is 0 Å². The van der Waals surface area contributed by atoms with Gasteiger partial charge in [0.1, 0.15) is 17.2 Å². The summed E-state index contributed by atoms with van der Waals surface area (Å²) in [5.41, 5.74) is -0.0225. The van der Waals surface area contributed by atoms with Crippen molar-refractivity contribution in [1.82, 2.24) is 9.29 Å². The van der Waals surface area contributed by atoms with Gasteiger partial charge in [0, 0.05) is 25.8 Å². The van der Waals surface area contributed by atoms with Gasteiger partial charge in [-0.3, -0.25) is 9.69 Å². The molecule has 0 N–H and O–H groups in total. The molecule has 1 amide bonds.